The van der Waals surface area contributed by atoms with E-state index in [1.165, 1.54) is 17.0 Å². The summed E-state index contributed by atoms with van der Waals surface area (Å²) < 4.78 is 0. The summed E-state index contributed by atoms with van der Waals surface area (Å²) in [5.74, 6) is 1.40. The number of halogens is 1. The van der Waals surface area contributed by atoms with Crippen LogP contribution in [0.1, 0.15) is 5.56 Å². The van der Waals surface area contributed by atoms with Gasteiger partial charge in [-0.1, -0.05) is 12.1 Å². The Balaban J connectivity index is 0.00000576. The normalized spacial score (nSPS) is 10.6. The second-order valence-electron chi connectivity index (χ2n) is 5.15. The van der Waals surface area contributed by atoms with E-state index in [1.54, 1.807) is 38.0 Å². The van der Waals surface area contributed by atoms with Crippen LogP contribution in [0.15, 0.2) is 29.3 Å². The molecule has 0 fully saturated rings. The molecule has 8 nitrogen and oxygen atoms in total. The van der Waals surface area contributed by atoms with Gasteiger partial charge in [0.25, 0.3) is 5.69 Å². The van der Waals surface area contributed by atoms with Gasteiger partial charge >= 0.3 is 0 Å². The Labute approximate surface area is 169 Å². The molecule has 1 rings (SSSR count). The first kappa shape index (κ1) is 23.4. The predicted molar refractivity (Wildman–Crippen MR) is 113 cm³/mol. The van der Waals surface area contributed by atoms with Crippen LogP contribution in [0.25, 0.3) is 0 Å². The van der Waals surface area contributed by atoms with Crippen molar-refractivity contribution in [1.29, 1.82) is 0 Å². The molecule has 0 saturated carbocycles. The number of rotatable bonds is 8. The highest BCUT2D eigenvalue weighted by atomic mass is 127. The number of guanidine groups is 1. The maximum atomic E-state index is 11.7. The molecule has 10 heteroatoms. The highest BCUT2D eigenvalue weighted by Crippen LogP contribution is 2.12. The van der Waals surface area contributed by atoms with Crippen LogP contribution < -0.4 is 10.6 Å². The van der Waals surface area contributed by atoms with Gasteiger partial charge in [-0.25, -0.2) is 4.99 Å². The average Bonchev–Trinajstić information content (AvgIpc) is 2.56. The second kappa shape index (κ2) is 12.8. The second-order valence-corrected chi connectivity index (χ2v) is 6.14. The number of hydrogen-bond acceptors (Lipinski definition) is 5. The number of nitrogens with one attached hydrogen (secondary N) is 2. The smallest absolute Gasteiger partial charge is 0.269 e. The summed E-state index contributed by atoms with van der Waals surface area (Å²) in [5.41, 5.74) is 0.904. The summed E-state index contributed by atoms with van der Waals surface area (Å²) >= 11 is 1.71. The van der Waals surface area contributed by atoms with E-state index in [9.17, 15) is 14.9 Å². The van der Waals surface area contributed by atoms with E-state index in [0.29, 0.717) is 12.5 Å². The molecular formula is C15H24IN5O3S. The Morgan fingerprint density at radius 1 is 1.28 bits per heavy atom. The molecule has 1 aromatic carbocycles. The highest BCUT2D eigenvalue weighted by molar-refractivity contribution is 14.0. The number of thioether (sulfide) groups is 1. The van der Waals surface area contributed by atoms with Crippen molar-refractivity contribution >= 4 is 53.3 Å². The predicted octanol–water partition coefficient (Wildman–Crippen LogP) is 1.70. The van der Waals surface area contributed by atoms with Crippen molar-refractivity contribution in [1.82, 2.24) is 15.5 Å². The summed E-state index contributed by atoms with van der Waals surface area (Å²) in [6, 6.07) is 6.25. The van der Waals surface area contributed by atoms with E-state index in [0.717, 1.165) is 17.9 Å². The Kier molecular flexibility index (Phi) is 12.0. The lowest BCUT2D eigenvalue weighted by molar-refractivity contribution is -0.384. The van der Waals surface area contributed by atoms with Gasteiger partial charge in [-0.05, 0) is 11.8 Å². The van der Waals surface area contributed by atoms with E-state index < -0.39 is 4.92 Å². The molecule has 0 spiro atoms. The minimum atomic E-state index is -0.434. The summed E-state index contributed by atoms with van der Waals surface area (Å²) in [5, 5.41) is 16.8. The standard InChI is InChI=1S/C15H23N5O3S.HI/c1-19(2)14(21)11-18-15(16-8-9-24-3)17-10-12-4-6-13(7-5-12)20(22)23;/h4-7H,8-11H2,1-3H3,(H2,16,17,18);1H. The number of nitrogens with zero attached hydrogens (tertiary/aromatic N) is 3. The Morgan fingerprint density at radius 3 is 2.44 bits per heavy atom. The number of amides is 1. The van der Waals surface area contributed by atoms with Gasteiger partial charge in [0.15, 0.2) is 5.96 Å². The number of aliphatic imine (C=N–C) groups is 1. The van der Waals surface area contributed by atoms with Crippen LogP contribution in [0.2, 0.25) is 0 Å². The molecule has 0 aliphatic carbocycles. The molecular weight excluding hydrogens is 457 g/mol. The molecule has 25 heavy (non-hydrogen) atoms. The molecule has 0 radical (unpaired) electrons. The van der Waals surface area contributed by atoms with Gasteiger partial charge in [0.05, 0.1) is 18.0 Å². The lowest BCUT2D eigenvalue weighted by Crippen LogP contribution is -2.43. The molecule has 140 valence electrons. The third kappa shape index (κ3) is 9.48. The van der Waals surface area contributed by atoms with Crippen LogP contribution in [0.3, 0.4) is 0 Å². The lowest BCUT2D eigenvalue weighted by Gasteiger charge is -2.14. The Morgan fingerprint density at radius 2 is 1.92 bits per heavy atom. The maximum absolute atomic E-state index is 11.7. The van der Waals surface area contributed by atoms with Gasteiger partial charge in [0, 0.05) is 38.5 Å². The summed E-state index contributed by atoms with van der Waals surface area (Å²) in [7, 11) is 3.39. The first-order valence-electron chi connectivity index (χ1n) is 7.38. The number of carbonyl (C=O) groups excluding carboxylic acids is 1. The molecule has 0 heterocycles. The fraction of sp³-hybridized carbons (Fsp3) is 0.467. The zero-order valence-corrected chi connectivity index (χ0v) is 17.7. The van der Waals surface area contributed by atoms with Gasteiger partial charge in [-0.3, -0.25) is 14.9 Å². The first-order chi connectivity index (χ1) is 11.4. The van der Waals surface area contributed by atoms with E-state index in [1.807, 2.05) is 6.26 Å². The number of nitro benzene ring substituents is 1. The Bertz CT molecular complexity index is 581. The monoisotopic (exact) mass is 481 g/mol. The van der Waals surface area contributed by atoms with E-state index in [2.05, 4.69) is 15.6 Å². The molecule has 0 aliphatic rings. The summed E-state index contributed by atoms with van der Waals surface area (Å²) in [6.45, 7) is 1.24. The minimum Gasteiger partial charge on any atom is -0.356 e. The van der Waals surface area contributed by atoms with Gasteiger partial charge < -0.3 is 15.5 Å². The third-order valence-electron chi connectivity index (χ3n) is 3.07. The van der Waals surface area contributed by atoms with Gasteiger partial charge in [-0.15, -0.1) is 24.0 Å². The molecule has 0 bridgehead atoms. The summed E-state index contributed by atoms with van der Waals surface area (Å²) in [6.07, 6.45) is 2.01. The third-order valence-corrected chi connectivity index (χ3v) is 3.68. The zero-order valence-electron chi connectivity index (χ0n) is 14.5. The number of hydrogen-bond donors (Lipinski definition) is 2. The quantitative estimate of drug-likeness (QED) is 0.147. The molecule has 2 N–H and O–H groups in total. The van der Waals surface area contributed by atoms with Gasteiger partial charge in [-0.2, -0.15) is 11.8 Å². The number of non-ortho nitro benzene ring substituents is 1. The van der Waals surface area contributed by atoms with Crippen molar-refractivity contribution in [2.45, 2.75) is 6.54 Å². The number of likely N-dealkylation sites (N-methyl/N-ethyl adjacent to an activating group) is 1. The minimum absolute atomic E-state index is 0. The van der Waals surface area contributed by atoms with Crippen molar-refractivity contribution in [2.24, 2.45) is 4.99 Å². The largest absolute Gasteiger partial charge is 0.356 e. The molecule has 0 atom stereocenters. The van der Waals surface area contributed by atoms with Crippen LogP contribution in [-0.2, 0) is 11.3 Å². The van der Waals surface area contributed by atoms with Gasteiger partial charge in [0.2, 0.25) is 5.91 Å². The Hall–Kier alpha value is -1.56. The van der Waals surface area contributed by atoms with Crippen LogP contribution in [0.5, 0.6) is 0 Å². The van der Waals surface area contributed by atoms with Crippen LogP contribution in [0.4, 0.5) is 5.69 Å². The van der Waals surface area contributed by atoms with Crippen LogP contribution in [0, 0.1) is 10.1 Å². The highest BCUT2D eigenvalue weighted by Gasteiger charge is 2.06. The number of benzene rings is 1. The fourth-order valence-electron chi connectivity index (χ4n) is 1.66. The zero-order chi connectivity index (χ0) is 17.9. The van der Waals surface area contributed by atoms with E-state index in [4.69, 9.17) is 0 Å². The number of carbonyl (C=O) groups is 1. The van der Waals surface area contributed by atoms with Crippen molar-refractivity contribution in [3.05, 3.63) is 39.9 Å². The maximum Gasteiger partial charge on any atom is 0.269 e. The van der Waals surface area contributed by atoms with Crippen molar-refractivity contribution < 1.29 is 9.72 Å². The van der Waals surface area contributed by atoms with E-state index >= 15 is 0 Å². The molecule has 0 saturated heterocycles. The van der Waals surface area contributed by atoms with Crippen LogP contribution in [-0.4, -0.2) is 60.9 Å². The molecule has 1 amide bonds. The first-order valence-corrected chi connectivity index (χ1v) is 8.78. The number of nitro groups is 1. The fourth-order valence-corrected chi connectivity index (χ4v) is 1.96. The SMILES string of the molecule is CSCCNC(=NCc1ccc([N+](=O)[O-])cc1)NCC(=O)N(C)C.I. The molecule has 0 aliphatic heterocycles. The van der Waals surface area contributed by atoms with Crippen molar-refractivity contribution in [2.75, 3.05) is 39.2 Å². The van der Waals surface area contributed by atoms with Gasteiger partial charge in [0.1, 0.15) is 0 Å². The lowest BCUT2D eigenvalue weighted by atomic mass is 10.2. The molecule has 0 aromatic heterocycles. The summed E-state index contributed by atoms with van der Waals surface area (Å²) in [4.78, 5) is 27.8. The molecule has 0 unspecified atom stereocenters. The van der Waals surface area contributed by atoms with E-state index in [-0.39, 0.29) is 42.1 Å². The van der Waals surface area contributed by atoms with Crippen molar-refractivity contribution in [3.8, 4) is 0 Å². The average molecular weight is 481 g/mol. The molecule has 1 aromatic rings. The van der Waals surface area contributed by atoms with Crippen LogP contribution >= 0.6 is 35.7 Å². The topological polar surface area (TPSA) is 99.9 Å². The van der Waals surface area contributed by atoms with Crippen molar-refractivity contribution in [3.63, 3.8) is 0 Å².